The predicted molar refractivity (Wildman–Crippen MR) is 54.7 cm³/mol. The fourth-order valence-electron chi connectivity index (χ4n) is 1.03. The van der Waals surface area contributed by atoms with E-state index in [4.69, 9.17) is 4.74 Å². The minimum atomic E-state index is -0.484. The maximum absolute atomic E-state index is 11.5. The van der Waals surface area contributed by atoms with Crippen molar-refractivity contribution in [2.75, 3.05) is 5.75 Å². The predicted octanol–water partition coefficient (Wildman–Crippen LogP) is 0.469. The van der Waals surface area contributed by atoms with Gasteiger partial charge in [-0.3, -0.25) is 10.1 Å². The Bertz CT molecular complexity index is 237. The van der Waals surface area contributed by atoms with Gasteiger partial charge in [-0.05, 0) is 20.8 Å². The lowest BCUT2D eigenvalue weighted by atomic mass is 10.2. The average Bonchev–Trinajstić information content (AvgIpc) is 2.48. The number of carbonyl (C=O) groups is 1. The first-order valence-electron chi connectivity index (χ1n) is 4.40. The molecule has 1 aliphatic heterocycles. The van der Waals surface area contributed by atoms with Crippen LogP contribution in [0.2, 0.25) is 0 Å². The van der Waals surface area contributed by atoms with Gasteiger partial charge in [-0.2, -0.15) is 0 Å². The molecule has 2 unspecified atom stereocenters. The summed E-state index contributed by atoms with van der Waals surface area (Å²) in [4.78, 5) is 21.8. The molecule has 1 heterocycles. The lowest BCUT2D eigenvalue weighted by Crippen LogP contribution is -2.39. The summed E-state index contributed by atoms with van der Waals surface area (Å²) in [6, 6.07) is -0.350. The Kier molecular flexibility index (Phi) is 3.55. The van der Waals surface area contributed by atoms with Crippen molar-refractivity contribution in [3.8, 4) is 0 Å². The lowest BCUT2D eigenvalue weighted by Gasteiger charge is -2.21. The Labute approximate surface area is 87.8 Å². The molecule has 0 spiro atoms. The molecule has 79 valence electrons. The van der Waals surface area contributed by atoms with Crippen LogP contribution in [0, 0.1) is 0 Å². The molecule has 0 saturated carbocycles. The van der Waals surface area contributed by atoms with Crippen LogP contribution >= 0.6 is 11.8 Å². The van der Waals surface area contributed by atoms with Gasteiger partial charge in [-0.25, -0.2) is 4.79 Å². The van der Waals surface area contributed by atoms with Crippen LogP contribution in [0.1, 0.15) is 20.8 Å². The van der Waals surface area contributed by atoms with Crippen LogP contribution in [0.15, 0.2) is 0 Å². The highest BCUT2D eigenvalue weighted by atomic mass is 32.2. The van der Waals surface area contributed by atoms with Crippen molar-refractivity contribution in [3.05, 3.63) is 0 Å². The highest BCUT2D eigenvalue weighted by molar-refractivity contribution is 8.00. The third-order valence-electron chi connectivity index (χ3n) is 1.55. The van der Waals surface area contributed by atoms with Crippen LogP contribution in [0.4, 0.5) is 0 Å². The Morgan fingerprint density at radius 3 is 2.64 bits per heavy atom. The van der Waals surface area contributed by atoms with E-state index in [-0.39, 0.29) is 12.0 Å². The molecular formula is C9H14NO3S. The summed E-state index contributed by atoms with van der Waals surface area (Å²) in [7, 11) is 0. The van der Waals surface area contributed by atoms with E-state index in [1.165, 1.54) is 11.8 Å². The van der Waals surface area contributed by atoms with Crippen molar-refractivity contribution in [1.29, 1.82) is 0 Å². The zero-order valence-corrected chi connectivity index (χ0v) is 9.31. The number of nitrogens with one attached hydrogen (secondary N) is 1. The van der Waals surface area contributed by atoms with Crippen LogP contribution in [-0.4, -0.2) is 35.0 Å². The van der Waals surface area contributed by atoms with Gasteiger partial charge >= 0.3 is 5.97 Å². The molecule has 1 N–H and O–H groups in total. The molecule has 0 aromatic rings. The van der Waals surface area contributed by atoms with Gasteiger partial charge in [0.25, 0.3) is 0 Å². The molecule has 1 radical (unpaired) electrons. The first-order chi connectivity index (χ1) is 6.42. The van der Waals surface area contributed by atoms with Crippen molar-refractivity contribution < 1.29 is 14.3 Å². The molecule has 0 aromatic carbocycles. The molecule has 5 heteroatoms. The van der Waals surface area contributed by atoms with Gasteiger partial charge in [-0.1, -0.05) is 0 Å². The van der Waals surface area contributed by atoms with E-state index >= 15 is 0 Å². The molecule has 1 fully saturated rings. The Balaban J connectivity index is 2.43. The molecule has 4 nitrogen and oxygen atoms in total. The minimum absolute atomic E-state index is 0.319. The van der Waals surface area contributed by atoms with Gasteiger partial charge in [0.05, 0.1) is 6.04 Å². The summed E-state index contributed by atoms with van der Waals surface area (Å²) in [5.41, 5.74) is -0.484. The smallest absolute Gasteiger partial charge is 0.334 e. The molecule has 2 atom stereocenters. The number of thioether (sulfide) groups is 1. The van der Waals surface area contributed by atoms with Gasteiger partial charge < -0.3 is 4.74 Å². The standard InChI is InChI=1S/C9H14NO3S/c1-9(2,3)13-8(12)7-10-6(4-11)5-14-7/h6-7,10H,5H2,1-3H3. The summed E-state index contributed by atoms with van der Waals surface area (Å²) in [5.74, 6) is 0.258. The van der Waals surface area contributed by atoms with E-state index in [1.807, 2.05) is 27.1 Å². The molecule has 1 saturated heterocycles. The summed E-state index contributed by atoms with van der Waals surface area (Å²) >= 11 is 1.38. The fraction of sp³-hybridized carbons (Fsp3) is 0.778. The third-order valence-corrected chi connectivity index (χ3v) is 2.73. The molecular weight excluding hydrogens is 202 g/mol. The largest absolute Gasteiger partial charge is 0.458 e. The first kappa shape index (κ1) is 11.5. The maximum atomic E-state index is 11.5. The molecule has 1 aliphatic rings. The van der Waals surface area contributed by atoms with Crippen LogP contribution in [0.5, 0.6) is 0 Å². The third kappa shape index (κ3) is 3.31. The SMILES string of the molecule is CC(C)(C)OC(=O)C1NC([C]=O)CS1. The molecule has 0 aliphatic carbocycles. The van der Waals surface area contributed by atoms with E-state index in [2.05, 4.69) is 5.32 Å². The number of rotatable bonds is 2. The highest BCUT2D eigenvalue weighted by Crippen LogP contribution is 2.21. The number of hydrogen-bond donors (Lipinski definition) is 1. The van der Waals surface area contributed by atoms with Crippen LogP contribution in [0.25, 0.3) is 0 Å². The minimum Gasteiger partial charge on any atom is -0.458 e. The van der Waals surface area contributed by atoms with E-state index in [0.29, 0.717) is 5.75 Å². The molecule has 0 aromatic heterocycles. The van der Waals surface area contributed by atoms with Crippen molar-refractivity contribution in [2.24, 2.45) is 0 Å². The highest BCUT2D eigenvalue weighted by Gasteiger charge is 2.33. The molecule has 0 amide bonds. The number of esters is 1. The van der Waals surface area contributed by atoms with E-state index < -0.39 is 11.0 Å². The van der Waals surface area contributed by atoms with Crippen molar-refractivity contribution >= 4 is 24.0 Å². The summed E-state index contributed by atoms with van der Waals surface area (Å²) in [6.07, 6.45) is 1.82. The van der Waals surface area contributed by atoms with Gasteiger partial charge in [0, 0.05) is 5.75 Å². The average molecular weight is 216 g/mol. The van der Waals surface area contributed by atoms with Crippen molar-refractivity contribution in [2.45, 2.75) is 37.8 Å². The van der Waals surface area contributed by atoms with Gasteiger partial charge in [0.1, 0.15) is 5.60 Å². The molecule has 0 bridgehead atoms. The zero-order valence-electron chi connectivity index (χ0n) is 8.49. The second-order valence-corrected chi connectivity index (χ2v) is 5.22. The summed E-state index contributed by atoms with van der Waals surface area (Å²) in [5, 5.41) is 2.40. The zero-order chi connectivity index (χ0) is 10.8. The number of ether oxygens (including phenoxy) is 1. The van der Waals surface area contributed by atoms with Gasteiger partial charge in [-0.15, -0.1) is 11.8 Å². The molecule has 14 heavy (non-hydrogen) atoms. The van der Waals surface area contributed by atoms with E-state index in [9.17, 15) is 9.59 Å². The van der Waals surface area contributed by atoms with Crippen LogP contribution in [-0.2, 0) is 14.3 Å². The van der Waals surface area contributed by atoms with E-state index in [0.717, 1.165) is 0 Å². The maximum Gasteiger partial charge on any atom is 0.334 e. The second-order valence-electron chi connectivity index (χ2n) is 4.08. The van der Waals surface area contributed by atoms with E-state index in [1.54, 1.807) is 0 Å². The van der Waals surface area contributed by atoms with Crippen molar-refractivity contribution in [3.63, 3.8) is 0 Å². The Morgan fingerprint density at radius 2 is 2.21 bits per heavy atom. The summed E-state index contributed by atoms with van der Waals surface area (Å²) < 4.78 is 5.16. The van der Waals surface area contributed by atoms with Crippen LogP contribution < -0.4 is 5.32 Å². The fourth-order valence-corrected chi connectivity index (χ4v) is 2.02. The normalized spacial score (nSPS) is 27.4. The Morgan fingerprint density at radius 1 is 1.57 bits per heavy atom. The molecule has 1 rings (SSSR count). The quantitative estimate of drug-likeness (QED) is 0.680. The van der Waals surface area contributed by atoms with Crippen LogP contribution in [0.3, 0.4) is 0 Å². The lowest BCUT2D eigenvalue weighted by molar-refractivity contribution is -0.154. The number of carbonyl (C=O) groups excluding carboxylic acids is 2. The van der Waals surface area contributed by atoms with Crippen molar-refractivity contribution in [1.82, 2.24) is 5.32 Å². The second kappa shape index (κ2) is 4.31. The topological polar surface area (TPSA) is 55.4 Å². The van der Waals surface area contributed by atoms with Gasteiger partial charge in [0.15, 0.2) is 5.37 Å². The first-order valence-corrected chi connectivity index (χ1v) is 5.45. The monoisotopic (exact) mass is 216 g/mol. The Hall–Kier alpha value is -0.550. The number of hydrogen-bond acceptors (Lipinski definition) is 5. The summed E-state index contributed by atoms with van der Waals surface area (Å²) in [6.45, 7) is 5.44. The van der Waals surface area contributed by atoms with Gasteiger partial charge in [0.2, 0.25) is 6.29 Å².